The first kappa shape index (κ1) is 20.2. The van der Waals surface area contributed by atoms with Crippen LogP contribution < -0.4 is 16.0 Å². The highest BCUT2D eigenvalue weighted by molar-refractivity contribution is 7.13. The molecule has 0 saturated carbocycles. The molecule has 2 aromatic rings. The number of carbonyl (C=O) groups excluding carboxylic acids is 2. The maximum atomic E-state index is 13.2. The molecule has 0 aliphatic carbocycles. The number of amides is 3. The van der Waals surface area contributed by atoms with E-state index in [1.54, 1.807) is 24.1 Å². The predicted octanol–water partition coefficient (Wildman–Crippen LogP) is 2.42. The van der Waals surface area contributed by atoms with Gasteiger partial charge in [0.2, 0.25) is 5.91 Å². The number of benzene rings is 1. The second-order valence-electron chi connectivity index (χ2n) is 7.02. The van der Waals surface area contributed by atoms with Gasteiger partial charge in [-0.25, -0.2) is 14.2 Å². The van der Waals surface area contributed by atoms with E-state index in [2.05, 4.69) is 27.9 Å². The number of nitrogens with one attached hydrogen (secondary N) is 3. The molecular formula is C19H24FN5O2S. The highest BCUT2D eigenvalue weighted by Crippen LogP contribution is 2.21. The Morgan fingerprint density at radius 1 is 1.39 bits per heavy atom. The van der Waals surface area contributed by atoms with Crippen molar-refractivity contribution < 1.29 is 14.0 Å². The van der Waals surface area contributed by atoms with Crippen molar-refractivity contribution in [2.45, 2.75) is 20.0 Å². The van der Waals surface area contributed by atoms with Crippen LogP contribution in [0.2, 0.25) is 0 Å². The summed E-state index contributed by atoms with van der Waals surface area (Å²) in [4.78, 5) is 30.6. The van der Waals surface area contributed by atoms with E-state index in [-0.39, 0.29) is 24.2 Å². The molecule has 150 valence electrons. The van der Waals surface area contributed by atoms with E-state index in [0.717, 1.165) is 12.2 Å². The second-order valence-corrected chi connectivity index (χ2v) is 7.88. The Balaban J connectivity index is 1.48. The van der Waals surface area contributed by atoms with Crippen molar-refractivity contribution in [3.8, 4) is 0 Å². The van der Waals surface area contributed by atoms with Crippen molar-refractivity contribution in [2.24, 2.45) is 11.8 Å². The van der Waals surface area contributed by atoms with Gasteiger partial charge in [-0.3, -0.25) is 10.1 Å². The molecule has 3 N–H and O–H groups in total. The van der Waals surface area contributed by atoms with Crippen molar-refractivity contribution in [1.29, 1.82) is 0 Å². The average molecular weight is 405 g/mol. The third kappa shape index (κ3) is 5.26. The average Bonchev–Trinajstić information content (AvgIpc) is 3.28. The molecular weight excluding hydrogens is 381 g/mol. The van der Waals surface area contributed by atoms with Gasteiger partial charge in [0.05, 0.1) is 18.2 Å². The third-order valence-corrected chi connectivity index (χ3v) is 5.53. The van der Waals surface area contributed by atoms with Crippen molar-refractivity contribution >= 4 is 28.4 Å². The third-order valence-electron chi connectivity index (χ3n) is 4.72. The van der Waals surface area contributed by atoms with Crippen LogP contribution in [0, 0.1) is 17.7 Å². The van der Waals surface area contributed by atoms with Crippen LogP contribution in [0.15, 0.2) is 29.6 Å². The van der Waals surface area contributed by atoms with Crippen LogP contribution in [-0.4, -0.2) is 42.0 Å². The van der Waals surface area contributed by atoms with E-state index in [9.17, 15) is 14.0 Å². The Labute approximate surface area is 167 Å². The van der Waals surface area contributed by atoms with Crippen LogP contribution in [0.5, 0.6) is 0 Å². The lowest BCUT2D eigenvalue weighted by Gasteiger charge is -2.22. The summed E-state index contributed by atoms with van der Waals surface area (Å²) in [6, 6.07) is 5.64. The maximum Gasteiger partial charge on any atom is 0.321 e. The zero-order valence-corrected chi connectivity index (χ0v) is 16.7. The summed E-state index contributed by atoms with van der Waals surface area (Å²) in [6.07, 6.45) is 0. The summed E-state index contributed by atoms with van der Waals surface area (Å²) in [5.74, 6) is 0.0813. The van der Waals surface area contributed by atoms with Gasteiger partial charge in [0.1, 0.15) is 5.82 Å². The molecule has 2 atom stereocenters. The molecule has 3 amide bonds. The van der Waals surface area contributed by atoms with Crippen molar-refractivity contribution in [1.82, 2.24) is 20.5 Å². The van der Waals surface area contributed by atoms with Gasteiger partial charge in [0, 0.05) is 25.5 Å². The molecule has 1 aliphatic heterocycles. The van der Waals surface area contributed by atoms with Gasteiger partial charge in [-0.2, -0.15) is 0 Å². The molecule has 0 spiro atoms. The molecule has 9 heteroatoms. The van der Waals surface area contributed by atoms with Gasteiger partial charge in [-0.1, -0.05) is 19.1 Å². The molecule has 28 heavy (non-hydrogen) atoms. The summed E-state index contributed by atoms with van der Waals surface area (Å²) in [7, 11) is 1.77. The SMILES string of the molecule is CC1CNCC1C(=O)N(C)Cc1csc(NC(=O)NCc2cccc(F)c2)n1. The van der Waals surface area contributed by atoms with Crippen LogP contribution in [0.25, 0.3) is 0 Å². The molecule has 1 aromatic heterocycles. The van der Waals surface area contributed by atoms with Crippen LogP contribution in [-0.2, 0) is 17.9 Å². The summed E-state index contributed by atoms with van der Waals surface area (Å²) in [5, 5.41) is 10.8. The van der Waals surface area contributed by atoms with Gasteiger partial charge in [0.25, 0.3) is 0 Å². The number of halogens is 1. The van der Waals surface area contributed by atoms with Crippen LogP contribution in [0.4, 0.5) is 14.3 Å². The number of hydrogen-bond donors (Lipinski definition) is 3. The molecule has 1 saturated heterocycles. The fraction of sp³-hybridized carbons (Fsp3) is 0.421. The first-order valence-corrected chi connectivity index (χ1v) is 9.99. The molecule has 2 heterocycles. The molecule has 2 unspecified atom stereocenters. The number of thiazole rings is 1. The normalized spacial score (nSPS) is 18.7. The van der Waals surface area contributed by atoms with E-state index in [1.807, 2.05) is 5.38 Å². The number of anilines is 1. The zero-order chi connectivity index (χ0) is 20.1. The minimum atomic E-state index is -0.416. The van der Waals surface area contributed by atoms with Crippen molar-refractivity contribution in [3.63, 3.8) is 0 Å². The van der Waals surface area contributed by atoms with Gasteiger partial charge in [-0.15, -0.1) is 11.3 Å². The van der Waals surface area contributed by atoms with Crippen molar-refractivity contribution in [3.05, 3.63) is 46.7 Å². The summed E-state index contributed by atoms with van der Waals surface area (Å²) in [6.45, 7) is 4.25. The van der Waals surface area contributed by atoms with Crippen LogP contribution >= 0.6 is 11.3 Å². The maximum absolute atomic E-state index is 13.2. The van der Waals surface area contributed by atoms with Gasteiger partial charge < -0.3 is 15.5 Å². The van der Waals surface area contributed by atoms with Gasteiger partial charge in [-0.05, 0) is 30.2 Å². The number of aromatic nitrogens is 1. The largest absolute Gasteiger partial charge is 0.340 e. The van der Waals surface area contributed by atoms with Crippen LogP contribution in [0.1, 0.15) is 18.2 Å². The number of hydrogen-bond acceptors (Lipinski definition) is 5. The standard InChI is InChI=1S/C19H24FN5O2S/c1-12-7-21-9-16(12)17(26)25(2)10-15-11-28-19(23-15)24-18(27)22-8-13-4-3-5-14(20)6-13/h3-6,11-12,16,21H,7-10H2,1-2H3,(H2,22,23,24,27). The molecule has 3 rings (SSSR count). The number of rotatable bonds is 6. The molecule has 0 bridgehead atoms. The Hall–Kier alpha value is -2.52. The fourth-order valence-electron chi connectivity index (χ4n) is 3.15. The summed E-state index contributed by atoms with van der Waals surface area (Å²) < 4.78 is 13.2. The molecule has 7 nitrogen and oxygen atoms in total. The highest BCUT2D eigenvalue weighted by Gasteiger charge is 2.31. The Morgan fingerprint density at radius 3 is 2.93 bits per heavy atom. The van der Waals surface area contributed by atoms with Crippen LogP contribution in [0.3, 0.4) is 0 Å². The Kier molecular flexibility index (Phi) is 6.58. The van der Waals surface area contributed by atoms with Crippen molar-refractivity contribution in [2.75, 3.05) is 25.5 Å². The minimum absolute atomic E-state index is 0.00479. The number of carbonyl (C=O) groups is 2. The van der Waals surface area contributed by atoms with Gasteiger partial charge in [0.15, 0.2) is 5.13 Å². The molecule has 1 aliphatic rings. The number of urea groups is 1. The lowest BCUT2D eigenvalue weighted by molar-refractivity contribution is -0.135. The van der Waals surface area contributed by atoms with E-state index >= 15 is 0 Å². The lowest BCUT2D eigenvalue weighted by Crippen LogP contribution is -2.35. The highest BCUT2D eigenvalue weighted by atomic mass is 32.1. The lowest BCUT2D eigenvalue weighted by atomic mass is 9.97. The molecule has 0 radical (unpaired) electrons. The van der Waals surface area contributed by atoms with E-state index < -0.39 is 6.03 Å². The quantitative estimate of drug-likeness (QED) is 0.689. The molecule has 1 fully saturated rings. The molecule has 1 aromatic carbocycles. The number of nitrogens with zero attached hydrogens (tertiary/aromatic N) is 2. The fourth-order valence-corrected chi connectivity index (χ4v) is 3.85. The van der Waals surface area contributed by atoms with Gasteiger partial charge >= 0.3 is 6.03 Å². The van der Waals surface area contributed by atoms with E-state index in [4.69, 9.17) is 0 Å². The van der Waals surface area contributed by atoms with E-state index in [0.29, 0.717) is 29.7 Å². The Morgan fingerprint density at radius 2 is 2.21 bits per heavy atom. The topological polar surface area (TPSA) is 86.4 Å². The predicted molar refractivity (Wildman–Crippen MR) is 106 cm³/mol. The summed E-state index contributed by atoms with van der Waals surface area (Å²) in [5.41, 5.74) is 1.39. The van der Waals surface area contributed by atoms with E-state index in [1.165, 1.54) is 23.5 Å². The smallest absolute Gasteiger partial charge is 0.321 e. The summed E-state index contributed by atoms with van der Waals surface area (Å²) >= 11 is 1.30. The minimum Gasteiger partial charge on any atom is -0.340 e. The second kappa shape index (κ2) is 9.11. The Bertz CT molecular complexity index is 843. The zero-order valence-electron chi connectivity index (χ0n) is 15.9. The first-order chi connectivity index (χ1) is 13.4. The first-order valence-electron chi connectivity index (χ1n) is 9.11. The monoisotopic (exact) mass is 405 g/mol.